The van der Waals surface area contributed by atoms with E-state index in [2.05, 4.69) is 6.58 Å². The number of anilines is 1. The lowest BCUT2D eigenvalue weighted by Gasteiger charge is -2.33. The third kappa shape index (κ3) is 3.67. The molecule has 1 heterocycles. The predicted molar refractivity (Wildman–Crippen MR) is 100.0 cm³/mol. The Morgan fingerprint density at radius 3 is 2.50 bits per heavy atom. The fraction of sp³-hybridized carbons (Fsp3) is 0.143. The molecule has 1 aliphatic heterocycles. The number of rotatable bonds is 4. The van der Waals surface area contributed by atoms with Crippen molar-refractivity contribution in [1.82, 2.24) is 0 Å². The molecule has 2 aromatic rings. The standard InChI is InChI=1S/C21H19NO4/c1-15(20(23)25-2)14-17-13-12-16-8-6-7-11-19(16)22(17)21(24)26-18-9-4-3-5-10-18/h3-13,17H,1,14H2,2H3. The highest BCUT2D eigenvalue weighted by molar-refractivity contribution is 5.95. The number of nitrogens with zero attached hydrogens (tertiary/aromatic N) is 1. The maximum atomic E-state index is 12.9. The largest absolute Gasteiger partial charge is 0.466 e. The summed E-state index contributed by atoms with van der Waals surface area (Å²) in [5.41, 5.74) is 1.91. The summed E-state index contributed by atoms with van der Waals surface area (Å²) in [6.07, 6.45) is 3.52. The number of methoxy groups -OCH3 is 1. The average Bonchev–Trinajstić information content (AvgIpc) is 2.67. The van der Waals surface area contributed by atoms with Crippen molar-refractivity contribution in [3.05, 3.63) is 78.4 Å². The van der Waals surface area contributed by atoms with Crippen molar-refractivity contribution in [2.24, 2.45) is 0 Å². The monoisotopic (exact) mass is 349 g/mol. The summed E-state index contributed by atoms with van der Waals surface area (Å²) in [7, 11) is 1.31. The van der Waals surface area contributed by atoms with E-state index < -0.39 is 18.1 Å². The molecular formula is C21H19NO4. The highest BCUT2D eigenvalue weighted by atomic mass is 16.6. The van der Waals surface area contributed by atoms with Gasteiger partial charge in [0.05, 0.1) is 18.8 Å². The summed E-state index contributed by atoms with van der Waals surface area (Å²) < 4.78 is 10.2. The zero-order chi connectivity index (χ0) is 18.5. The first kappa shape index (κ1) is 17.5. The van der Waals surface area contributed by atoms with E-state index in [1.807, 2.05) is 42.5 Å². The van der Waals surface area contributed by atoms with Crippen molar-refractivity contribution in [3.8, 4) is 5.75 Å². The second-order valence-electron chi connectivity index (χ2n) is 5.84. The number of para-hydroxylation sites is 2. The first-order valence-electron chi connectivity index (χ1n) is 8.19. The smallest absolute Gasteiger partial charge is 0.420 e. The normalized spacial score (nSPS) is 15.1. The summed E-state index contributed by atoms with van der Waals surface area (Å²) in [6.45, 7) is 3.77. The third-order valence-electron chi connectivity index (χ3n) is 4.10. The minimum Gasteiger partial charge on any atom is -0.466 e. The van der Waals surface area contributed by atoms with Crippen LogP contribution in [0.4, 0.5) is 10.5 Å². The Morgan fingerprint density at radius 1 is 1.08 bits per heavy atom. The molecule has 1 aliphatic rings. The number of ether oxygens (including phenoxy) is 2. The topological polar surface area (TPSA) is 55.8 Å². The van der Waals surface area contributed by atoms with Crippen LogP contribution in [-0.2, 0) is 9.53 Å². The highest BCUT2D eigenvalue weighted by Gasteiger charge is 2.31. The maximum Gasteiger partial charge on any atom is 0.420 e. The summed E-state index contributed by atoms with van der Waals surface area (Å²) >= 11 is 0. The van der Waals surface area contributed by atoms with Crippen LogP contribution in [0.1, 0.15) is 12.0 Å². The second-order valence-corrected chi connectivity index (χ2v) is 5.84. The average molecular weight is 349 g/mol. The zero-order valence-corrected chi connectivity index (χ0v) is 14.4. The van der Waals surface area contributed by atoms with Crippen LogP contribution in [0.3, 0.4) is 0 Å². The molecule has 5 nitrogen and oxygen atoms in total. The van der Waals surface area contributed by atoms with E-state index in [-0.39, 0.29) is 6.42 Å². The summed E-state index contributed by atoms with van der Waals surface area (Å²) in [4.78, 5) is 26.1. The van der Waals surface area contributed by atoms with Crippen molar-refractivity contribution >= 4 is 23.8 Å². The van der Waals surface area contributed by atoms with Gasteiger partial charge in [0.1, 0.15) is 5.75 Å². The zero-order valence-electron chi connectivity index (χ0n) is 14.4. The van der Waals surface area contributed by atoms with E-state index in [9.17, 15) is 9.59 Å². The van der Waals surface area contributed by atoms with Crippen molar-refractivity contribution in [1.29, 1.82) is 0 Å². The molecule has 0 bridgehead atoms. The number of amides is 1. The van der Waals surface area contributed by atoms with Crippen LogP contribution in [0.25, 0.3) is 6.08 Å². The molecule has 0 aliphatic carbocycles. The van der Waals surface area contributed by atoms with E-state index in [1.54, 1.807) is 24.3 Å². The number of esters is 1. The molecule has 1 unspecified atom stereocenters. The molecule has 0 fully saturated rings. The van der Waals surface area contributed by atoms with Gasteiger partial charge in [-0.1, -0.05) is 55.1 Å². The molecular weight excluding hydrogens is 330 g/mol. The SMILES string of the molecule is C=C(CC1C=Cc2ccccc2N1C(=O)Oc1ccccc1)C(=O)OC. The Labute approximate surface area is 152 Å². The molecule has 0 saturated carbocycles. The maximum absolute atomic E-state index is 12.9. The van der Waals surface area contributed by atoms with E-state index >= 15 is 0 Å². The van der Waals surface area contributed by atoms with Gasteiger partial charge in [0.15, 0.2) is 0 Å². The van der Waals surface area contributed by atoms with Gasteiger partial charge in [0.2, 0.25) is 0 Å². The van der Waals surface area contributed by atoms with Crippen LogP contribution < -0.4 is 9.64 Å². The van der Waals surface area contributed by atoms with Crippen LogP contribution in [-0.4, -0.2) is 25.2 Å². The number of hydrogen-bond acceptors (Lipinski definition) is 4. The molecule has 132 valence electrons. The summed E-state index contributed by atoms with van der Waals surface area (Å²) in [5, 5.41) is 0. The van der Waals surface area contributed by atoms with Crippen LogP contribution in [0, 0.1) is 0 Å². The molecule has 26 heavy (non-hydrogen) atoms. The third-order valence-corrected chi connectivity index (χ3v) is 4.10. The van der Waals surface area contributed by atoms with Crippen LogP contribution >= 0.6 is 0 Å². The molecule has 0 N–H and O–H groups in total. The quantitative estimate of drug-likeness (QED) is 0.613. The Bertz CT molecular complexity index is 857. The molecule has 1 atom stereocenters. The highest BCUT2D eigenvalue weighted by Crippen LogP contribution is 2.32. The number of hydrogen-bond donors (Lipinski definition) is 0. The first-order valence-corrected chi connectivity index (χ1v) is 8.19. The lowest BCUT2D eigenvalue weighted by atomic mass is 9.98. The minimum atomic E-state index is -0.518. The van der Waals surface area contributed by atoms with Gasteiger partial charge < -0.3 is 9.47 Å². The first-order chi connectivity index (χ1) is 12.6. The van der Waals surface area contributed by atoms with Crippen molar-refractivity contribution in [3.63, 3.8) is 0 Å². The second kappa shape index (κ2) is 7.70. The Balaban J connectivity index is 1.90. The fourth-order valence-electron chi connectivity index (χ4n) is 2.84. The molecule has 5 heteroatoms. The van der Waals surface area contributed by atoms with Crippen molar-refractivity contribution in [2.45, 2.75) is 12.5 Å². The Hall–Kier alpha value is -3.34. The Morgan fingerprint density at radius 2 is 1.77 bits per heavy atom. The van der Waals surface area contributed by atoms with Crippen LogP contribution in [0.15, 0.2) is 72.8 Å². The molecule has 1 amide bonds. The molecule has 0 saturated heterocycles. The number of carbonyl (C=O) groups excluding carboxylic acids is 2. The van der Waals surface area contributed by atoms with Gasteiger partial charge in [-0.25, -0.2) is 9.59 Å². The van der Waals surface area contributed by atoms with Gasteiger partial charge in [-0.3, -0.25) is 4.90 Å². The van der Waals surface area contributed by atoms with Gasteiger partial charge in [-0.05, 0) is 23.8 Å². The molecule has 0 spiro atoms. The number of fused-ring (bicyclic) bond motifs is 1. The van der Waals surface area contributed by atoms with Crippen LogP contribution in [0.5, 0.6) is 5.75 Å². The predicted octanol–water partition coefficient (Wildman–Crippen LogP) is 4.21. The van der Waals surface area contributed by atoms with E-state index in [1.165, 1.54) is 12.0 Å². The van der Waals surface area contributed by atoms with Crippen LogP contribution in [0.2, 0.25) is 0 Å². The Kier molecular flexibility index (Phi) is 5.17. The number of benzene rings is 2. The summed E-state index contributed by atoms with van der Waals surface area (Å²) in [6, 6.07) is 16.0. The van der Waals surface area contributed by atoms with Gasteiger partial charge >= 0.3 is 12.1 Å². The number of carbonyl (C=O) groups is 2. The summed E-state index contributed by atoms with van der Waals surface area (Å²) in [5.74, 6) is -0.0382. The van der Waals surface area contributed by atoms with Gasteiger partial charge in [0, 0.05) is 12.0 Å². The molecule has 2 aromatic carbocycles. The molecule has 3 rings (SSSR count). The van der Waals surface area contributed by atoms with Crippen molar-refractivity contribution < 1.29 is 19.1 Å². The minimum absolute atomic E-state index is 0.251. The van der Waals surface area contributed by atoms with Gasteiger partial charge in [0.25, 0.3) is 0 Å². The van der Waals surface area contributed by atoms with E-state index in [4.69, 9.17) is 9.47 Å². The lowest BCUT2D eigenvalue weighted by Crippen LogP contribution is -2.43. The lowest BCUT2D eigenvalue weighted by molar-refractivity contribution is -0.136. The fourth-order valence-corrected chi connectivity index (χ4v) is 2.84. The van der Waals surface area contributed by atoms with E-state index in [0.717, 1.165) is 11.3 Å². The van der Waals surface area contributed by atoms with E-state index in [0.29, 0.717) is 11.3 Å². The van der Waals surface area contributed by atoms with Gasteiger partial charge in [-0.2, -0.15) is 0 Å². The van der Waals surface area contributed by atoms with Crippen molar-refractivity contribution in [2.75, 3.05) is 12.0 Å². The molecule has 0 aromatic heterocycles. The molecule has 0 radical (unpaired) electrons. The van der Waals surface area contributed by atoms with Gasteiger partial charge in [-0.15, -0.1) is 0 Å².